The Balaban J connectivity index is 2.61. The molecule has 0 spiro atoms. The first-order valence-electron chi connectivity index (χ1n) is 5.57. The molecule has 1 aromatic rings. The Kier molecular flexibility index (Phi) is 5.71. The second kappa shape index (κ2) is 6.83. The fraction of sp³-hybridized carbons (Fsp3) is 0.500. The molecule has 7 heteroatoms. The minimum atomic E-state index is -4.58. The van der Waals surface area contributed by atoms with Gasteiger partial charge in [0.15, 0.2) is 0 Å². The summed E-state index contributed by atoms with van der Waals surface area (Å²) in [5.41, 5.74) is -0.862. The van der Waals surface area contributed by atoms with Gasteiger partial charge in [-0.2, -0.15) is 13.2 Å². The lowest BCUT2D eigenvalue weighted by molar-refractivity contribution is -0.137. The largest absolute Gasteiger partial charge is 0.416 e. The minimum Gasteiger partial charge on any atom is -0.389 e. The predicted octanol–water partition coefficient (Wildman–Crippen LogP) is 1.94. The van der Waals surface area contributed by atoms with E-state index in [1.165, 1.54) is 7.11 Å². The lowest BCUT2D eigenvalue weighted by Gasteiger charge is -2.12. The number of hydrogen-bond donors (Lipinski definition) is 2. The van der Waals surface area contributed by atoms with Gasteiger partial charge in [0, 0.05) is 20.2 Å². The summed E-state index contributed by atoms with van der Waals surface area (Å²) in [5, 5.41) is 12.1. The molecule has 3 nitrogen and oxygen atoms in total. The first-order valence-corrected chi connectivity index (χ1v) is 5.57. The molecule has 0 aliphatic carbocycles. The van der Waals surface area contributed by atoms with E-state index >= 15 is 0 Å². The van der Waals surface area contributed by atoms with Gasteiger partial charge in [-0.15, -0.1) is 0 Å². The molecule has 0 aromatic heterocycles. The molecule has 0 saturated carbocycles. The molecular weight excluding hydrogens is 266 g/mol. The van der Waals surface area contributed by atoms with Crippen LogP contribution in [0.4, 0.5) is 17.6 Å². The van der Waals surface area contributed by atoms with E-state index in [2.05, 4.69) is 5.32 Å². The molecule has 0 radical (unpaired) electrons. The van der Waals surface area contributed by atoms with Crippen LogP contribution in [0.1, 0.15) is 11.1 Å². The van der Waals surface area contributed by atoms with E-state index in [-0.39, 0.29) is 25.3 Å². The second-order valence-corrected chi connectivity index (χ2v) is 4.09. The molecule has 2 N–H and O–H groups in total. The Hall–Kier alpha value is -1.18. The summed E-state index contributed by atoms with van der Waals surface area (Å²) in [6, 6.07) is 2.34. The highest BCUT2D eigenvalue weighted by molar-refractivity contribution is 5.26. The minimum absolute atomic E-state index is 0.0294. The molecule has 0 amide bonds. The van der Waals surface area contributed by atoms with Crippen molar-refractivity contribution < 1.29 is 27.4 Å². The number of benzene rings is 1. The molecule has 1 atom stereocenters. The zero-order chi connectivity index (χ0) is 14.5. The summed E-state index contributed by atoms with van der Waals surface area (Å²) >= 11 is 0. The van der Waals surface area contributed by atoms with Crippen molar-refractivity contribution >= 4 is 0 Å². The zero-order valence-electron chi connectivity index (χ0n) is 10.3. The van der Waals surface area contributed by atoms with E-state index in [9.17, 15) is 22.7 Å². The van der Waals surface area contributed by atoms with Gasteiger partial charge >= 0.3 is 6.18 Å². The van der Waals surface area contributed by atoms with Crippen molar-refractivity contribution in [1.29, 1.82) is 0 Å². The molecular formula is C12H15F4NO2. The van der Waals surface area contributed by atoms with E-state index in [1.807, 2.05) is 0 Å². The maximum Gasteiger partial charge on any atom is 0.416 e. The molecule has 0 aliphatic heterocycles. The number of nitrogens with one attached hydrogen (secondary N) is 1. The molecule has 0 aliphatic rings. The van der Waals surface area contributed by atoms with Crippen LogP contribution in [0.5, 0.6) is 0 Å². The summed E-state index contributed by atoms with van der Waals surface area (Å²) in [6.45, 7) is 0.289. The fourth-order valence-electron chi connectivity index (χ4n) is 1.55. The molecule has 1 aromatic carbocycles. The summed E-state index contributed by atoms with van der Waals surface area (Å²) in [4.78, 5) is 0. The molecule has 0 saturated heterocycles. The van der Waals surface area contributed by atoms with Gasteiger partial charge in [0.2, 0.25) is 0 Å². The standard InChI is InChI=1S/C12H15F4NO2/c1-19-7-11(18)6-17-5-8-2-9(12(14,15)16)4-10(13)3-8/h2-4,11,17-18H,5-7H2,1H3. The van der Waals surface area contributed by atoms with E-state index < -0.39 is 23.7 Å². The summed E-state index contributed by atoms with van der Waals surface area (Å²) < 4.78 is 55.1. The lowest BCUT2D eigenvalue weighted by atomic mass is 10.1. The van der Waals surface area contributed by atoms with Gasteiger partial charge in [0.25, 0.3) is 0 Å². The molecule has 0 fully saturated rings. The maximum atomic E-state index is 13.1. The molecule has 0 heterocycles. The lowest BCUT2D eigenvalue weighted by Crippen LogP contribution is -2.29. The van der Waals surface area contributed by atoms with Crippen LogP contribution in [0.25, 0.3) is 0 Å². The van der Waals surface area contributed by atoms with Crippen LogP contribution in [0.15, 0.2) is 18.2 Å². The number of aliphatic hydroxyl groups excluding tert-OH is 1. The Labute approximate surface area is 108 Å². The van der Waals surface area contributed by atoms with Crippen LogP contribution in [-0.4, -0.2) is 31.5 Å². The number of ether oxygens (including phenoxy) is 1. The van der Waals surface area contributed by atoms with Crippen LogP contribution in [0, 0.1) is 5.82 Å². The number of aliphatic hydroxyl groups is 1. The van der Waals surface area contributed by atoms with Gasteiger partial charge in [0.1, 0.15) is 5.82 Å². The topological polar surface area (TPSA) is 41.5 Å². The third-order valence-electron chi connectivity index (χ3n) is 2.35. The quantitative estimate of drug-likeness (QED) is 0.783. The highest BCUT2D eigenvalue weighted by atomic mass is 19.4. The highest BCUT2D eigenvalue weighted by Crippen LogP contribution is 2.30. The third kappa shape index (κ3) is 5.54. The van der Waals surface area contributed by atoms with Crippen molar-refractivity contribution in [3.05, 3.63) is 35.1 Å². The number of alkyl halides is 3. The van der Waals surface area contributed by atoms with Crippen molar-refractivity contribution in [2.75, 3.05) is 20.3 Å². The smallest absolute Gasteiger partial charge is 0.389 e. The summed E-state index contributed by atoms with van der Waals surface area (Å²) in [7, 11) is 1.42. The molecule has 108 valence electrons. The van der Waals surface area contributed by atoms with Crippen LogP contribution in [0.2, 0.25) is 0 Å². The highest BCUT2D eigenvalue weighted by Gasteiger charge is 2.31. The van der Waals surface area contributed by atoms with E-state index in [0.717, 1.165) is 12.1 Å². The first kappa shape index (κ1) is 15.9. The first-order chi connectivity index (χ1) is 8.82. The number of methoxy groups -OCH3 is 1. The average Bonchev–Trinajstić information content (AvgIpc) is 2.27. The SMILES string of the molecule is COCC(O)CNCc1cc(F)cc(C(F)(F)F)c1. The van der Waals surface area contributed by atoms with Crippen molar-refractivity contribution in [2.24, 2.45) is 0 Å². The fourth-order valence-corrected chi connectivity index (χ4v) is 1.55. The van der Waals surface area contributed by atoms with Crippen molar-refractivity contribution in [3.8, 4) is 0 Å². The van der Waals surface area contributed by atoms with Crippen molar-refractivity contribution in [3.63, 3.8) is 0 Å². The van der Waals surface area contributed by atoms with Crippen LogP contribution >= 0.6 is 0 Å². The van der Waals surface area contributed by atoms with Gasteiger partial charge < -0.3 is 15.2 Å². The van der Waals surface area contributed by atoms with Crippen LogP contribution in [0.3, 0.4) is 0 Å². The second-order valence-electron chi connectivity index (χ2n) is 4.09. The number of hydrogen-bond acceptors (Lipinski definition) is 3. The molecule has 19 heavy (non-hydrogen) atoms. The Morgan fingerprint density at radius 1 is 1.32 bits per heavy atom. The van der Waals surface area contributed by atoms with Crippen molar-refractivity contribution in [1.82, 2.24) is 5.32 Å². The third-order valence-corrected chi connectivity index (χ3v) is 2.35. The predicted molar refractivity (Wildman–Crippen MR) is 61.0 cm³/mol. The normalized spacial score (nSPS) is 13.6. The van der Waals surface area contributed by atoms with E-state index in [4.69, 9.17) is 4.74 Å². The Morgan fingerprint density at radius 3 is 2.58 bits per heavy atom. The number of halogens is 4. The van der Waals surface area contributed by atoms with Crippen LogP contribution in [-0.2, 0) is 17.5 Å². The zero-order valence-corrected chi connectivity index (χ0v) is 10.3. The Morgan fingerprint density at radius 2 is 2.00 bits per heavy atom. The van der Waals surface area contributed by atoms with Gasteiger partial charge in [-0.1, -0.05) is 0 Å². The van der Waals surface area contributed by atoms with Crippen molar-refractivity contribution in [2.45, 2.75) is 18.8 Å². The summed E-state index contributed by atoms with van der Waals surface area (Å²) in [6.07, 6.45) is -5.34. The maximum absolute atomic E-state index is 13.1. The van der Waals surface area contributed by atoms with E-state index in [0.29, 0.717) is 6.07 Å². The molecule has 1 rings (SSSR count). The van der Waals surface area contributed by atoms with Gasteiger partial charge in [0.05, 0.1) is 18.3 Å². The van der Waals surface area contributed by atoms with Gasteiger partial charge in [-0.05, 0) is 23.8 Å². The Bertz CT molecular complexity index is 409. The summed E-state index contributed by atoms with van der Waals surface area (Å²) in [5.74, 6) is -0.941. The average molecular weight is 281 g/mol. The monoisotopic (exact) mass is 281 g/mol. The van der Waals surface area contributed by atoms with Crippen LogP contribution < -0.4 is 5.32 Å². The van der Waals surface area contributed by atoms with Gasteiger partial charge in [-0.25, -0.2) is 4.39 Å². The van der Waals surface area contributed by atoms with Gasteiger partial charge in [-0.3, -0.25) is 0 Å². The number of rotatable bonds is 6. The molecule has 1 unspecified atom stereocenters. The molecule has 0 bridgehead atoms. The van der Waals surface area contributed by atoms with E-state index in [1.54, 1.807) is 0 Å².